The molecule has 31 heavy (non-hydrogen) atoms. The summed E-state index contributed by atoms with van der Waals surface area (Å²) in [6.07, 6.45) is 0. The van der Waals surface area contributed by atoms with E-state index >= 15 is 0 Å². The summed E-state index contributed by atoms with van der Waals surface area (Å²) < 4.78 is 42.6. The van der Waals surface area contributed by atoms with Crippen molar-refractivity contribution in [2.75, 3.05) is 18.4 Å². The zero-order valence-electron chi connectivity index (χ0n) is 17.6. The van der Waals surface area contributed by atoms with Gasteiger partial charge in [-0.15, -0.1) is 5.10 Å². The number of amides is 1. The van der Waals surface area contributed by atoms with Crippen molar-refractivity contribution in [3.63, 3.8) is 0 Å². The summed E-state index contributed by atoms with van der Waals surface area (Å²) >= 11 is 0. The number of sulfonamides is 1. The van der Waals surface area contributed by atoms with E-state index in [0.717, 1.165) is 0 Å². The number of anilines is 1. The van der Waals surface area contributed by atoms with Crippen molar-refractivity contribution in [2.24, 2.45) is 0 Å². The molecule has 0 bridgehead atoms. The van der Waals surface area contributed by atoms with Crippen LogP contribution in [0, 0.1) is 19.7 Å². The molecule has 1 N–H and O–H groups in total. The topological polar surface area (TPSA) is 110 Å². The van der Waals surface area contributed by atoms with Gasteiger partial charge in [0.25, 0.3) is 5.91 Å². The molecule has 1 aromatic heterocycles. The number of carbonyl (C=O) groups is 1. The quantitative estimate of drug-likeness (QED) is 0.598. The summed E-state index contributed by atoms with van der Waals surface area (Å²) in [5.74, 6) is -0.703. The normalized spacial score (nSPS) is 11.7. The van der Waals surface area contributed by atoms with Crippen LogP contribution in [0.4, 0.5) is 10.1 Å². The Morgan fingerprint density at radius 1 is 1.13 bits per heavy atom. The first kappa shape index (κ1) is 22.5. The molecule has 0 aliphatic rings. The van der Waals surface area contributed by atoms with Gasteiger partial charge in [0.1, 0.15) is 11.5 Å². The minimum atomic E-state index is -3.73. The lowest BCUT2D eigenvalue weighted by molar-refractivity contribution is 0.102. The Morgan fingerprint density at radius 3 is 2.45 bits per heavy atom. The van der Waals surface area contributed by atoms with Crippen LogP contribution in [0.1, 0.15) is 35.6 Å². The maximum atomic E-state index is 14.2. The van der Waals surface area contributed by atoms with E-state index in [4.69, 9.17) is 0 Å². The fraction of sp³-hybridized carbons (Fsp3) is 0.300. The molecule has 0 saturated carbocycles. The van der Waals surface area contributed by atoms with Gasteiger partial charge in [-0.3, -0.25) is 4.79 Å². The minimum Gasteiger partial charge on any atom is -0.322 e. The molecule has 164 valence electrons. The second kappa shape index (κ2) is 8.90. The number of halogens is 1. The number of hydrogen-bond donors (Lipinski definition) is 1. The molecule has 3 rings (SSSR count). The van der Waals surface area contributed by atoms with Crippen molar-refractivity contribution >= 4 is 21.6 Å². The van der Waals surface area contributed by atoms with Crippen LogP contribution in [-0.2, 0) is 10.0 Å². The van der Waals surface area contributed by atoms with Gasteiger partial charge in [-0.2, -0.15) is 8.99 Å². The number of aryl methyl sites for hydroxylation is 2. The van der Waals surface area contributed by atoms with Crippen molar-refractivity contribution in [2.45, 2.75) is 32.6 Å². The highest BCUT2D eigenvalue weighted by Crippen LogP contribution is 2.23. The van der Waals surface area contributed by atoms with Crippen LogP contribution in [0.5, 0.6) is 0 Å². The summed E-state index contributed by atoms with van der Waals surface area (Å²) in [4.78, 5) is 12.9. The maximum absolute atomic E-state index is 14.2. The van der Waals surface area contributed by atoms with Crippen LogP contribution in [0.15, 0.2) is 41.3 Å². The van der Waals surface area contributed by atoms with Gasteiger partial charge in [0, 0.05) is 24.3 Å². The van der Waals surface area contributed by atoms with Crippen molar-refractivity contribution in [1.29, 1.82) is 0 Å². The van der Waals surface area contributed by atoms with Crippen LogP contribution in [0.2, 0.25) is 0 Å². The molecule has 1 amide bonds. The van der Waals surface area contributed by atoms with Gasteiger partial charge in [-0.25, -0.2) is 12.8 Å². The molecule has 0 aliphatic heterocycles. The predicted molar refractivity (Wildman–Crippen MR) is 113 cm³/mol. The standard InChI is InChI=1S/C20H23FN6O3S/c1-5-26(6-2)31(29,30)19-11-15(8-7-13(19)3)20(28)22-16-9-10-17(21)18(12-16)27-14(4)23-24-25-27/h7-12H,5-6H2,1-4H3,(H,22,28). The van der Waals surface area contributed by atoms with Gasteiger partial charge in [0.15, 0.2) is 5.82 Å². The monoisotopic (exact) mass is 446 g/mol. The van der Waals surface area contributed by atoms with Gasteiger partial charge in [0.05, 0.1) is 4.90 Å². The van der Waals surface area contributed by atoms with E-state index in [0.29, 0.717) is 30.2 Å². The molecule has 11 heteroatoms. The van der Waals surface area contributed by atoms with E-state index in [-0.39, 0.29) is 16.1 Å². The second-order valence-corrected chi connectivity index (χ2v) is 8.73. The zero-order chi connectivity index (χ0) is 22.8. The van der Waals surface area contributed by atoms with Crippen LogP contribution < -0.4 is 5.32 Å². The van der Waals surface area contributed by atoms with Gasteiger partial charge in [0.2, 0.25) is 10.0 Å². The first-order valence-electron chi connectivity index (χ1n) is 9.66. The molecule has 0 aliphatic carbocycles. The number of aromatic nitrogens is 4. The SMILES string of the molecule is CCN(CC)S(=O)(=O)c1cc(C(=O)Nc2ccc(F)c(-n3nnnc3C)c2)ccc1C. The number of nitrogens with zero attached hydrogens (tertiary/aromatic N) is 5. The van der Waals surface area contributed by atoms with Crippen molar-refractivity contribution in [3.8, 4) is 5.69 Å². The van der Waals surface area contributed by atoms with E-state index in [1.54, 1.807) is 39.8 Å². The Bertz CT molecular complexity index is 1220. The van der Waals surface area contributed by atoms with Gasteiger partial charge >= 0.3 is 0 Å². The van der Waals surface area contributed by atoms with Gasteiger partial charge in [-0.1, -0.05) is 19.9 Å². The highest BCUT2D eigenvalue weighted by Gasteiger charge is 2.25. The van der Waals surface area contributed by atoms with E-state index in [1.807, 2.05) is 0 Å². The van der Waals surface area contributed by atoms with Crippen LogP contribution in [0.25, 0.3) is 5.69 Å². The average molecular weight is 447 g/mol. The number of nitrogens with one attached hydrogen (secondary N) is 1. The van der Waals surface area contributed by atoms with E-state index < -0.39 is 21.7 Å². The average Bonchev–Trinajstić information content (AvgIpc) is 3.16. The lowest BCUT2D eigenvalue weighted by atomic mass is 10.1. The Labute approximate surface area is 179 Å². The summed E-state index contributed by atoms with van der Waals surface area (Å²) in [6.45, 7) is 7.46. The number of rotatable bonds is 7. The highest BCUT2D eigenvalue weighted by molar-refractivity contribution is 7.89. The Morgan fingerprint density at radius 2 is 1.84 bits per heavy atom. The van der Waals surface area contributed by atoms with Crippen LogP contribution in [0.3, 0.4) is 0 Å². The molecule has 2 aromatic carbocycles. The lowest BCUT2D eigenvalue weighted by Crippen LogP contribution is -2.31. The predicted octanol–water partition coefficient (Wildman–Crippen LogP) is 2.70. The maximum Gasteiger partial charge on any atom is 0.255 e. The zero-order valence-corrected chi connectivity index (χ0v) is 18.4. The molecule has 0 atom stereocenters. The highest BCUT2D eigenvalue weighted by atomic mass is 32.2. The van der Waals surface area contributed by atoms with Crippen molar-refractivity contribution in [1.82, 2.24) is 24.5 Å². The van der Waals surface area contributed by atoms with Gasteiger partial charge < -0.3 is 5.32 Å². The molecular weight excluding hydrogens is 423 g/mol. The number of tetrazole rings is 1. The summed E-state index contributed by atoms with van der Waals surface area (Å²) in [6, 6.07) is 8.48. The third-order valence-electron chi connectivity index (χ3n) is 4.83. The third-order valence-corrected chi connectivity index (χ3v) is 7.02. The molecule has 3 aromatic rings. The molecule has 1 heterocycles. The number of hydrogen-bond acceptors (Lipinski definition) is 6. The molecule has 9 nitrogen and oxygen atoms in total. The van der Waals surface area contributed by atoms with E-state index in [1.165, 1.54) is 33.3 Å². The number of carbonyl (C=O) groups excluding carboxylic acids is 1. The first-order chi connectivity index (χ1) is 14.7. The number of benzene rings is 2. The van der Waals surface area contributed by atoms with Crippen LogP contribution >= 0.6 is 0 Å². The minimum absolute atomic E-state index is 0.0768. The molecule has 0 fully saturated rings. The largest absolute Gasteiger partial charge is 0.322 e. The summed E-state index contributed by atoms with van der Waals surface area (Å²) in [5, 5.41) is 13.6. The van der Waals surface area contributed by atoms with Crippen molar-refractivity contribution < 1.29 is 17.6 Å². The molecule has 0 spiro atoms. The smallest absolute Gasteiger partial charge is 0.255 e. The summed E-state index contributed by atoms with van der Waals surface area (Å²) in [7, 11) is -3.73. The van der Waals surface area contributed by atoms with Crippen LogP contribution in [-0.4, -0.2) is 51.9 Å². The first-order valence-corrected chi connectivity index (χ1v) is 11.1. The summed E-state index contributed by atoms with van der Waals surface area (Å²) in [5.41, 5.74) is 1.10. The van der Waals surface area contributed by atoms with Gasteiger partial charge in [-0.05, 0) is 60.2 Å². The molecule has 0 unspecified atom stereocenters. The Hall–Kier alpha value is -3.18. The van der Waals surface area contributed by atoms with Crippen molar-refractivity contribution in [3.05, 3.63) is 59.2 Å². The fourth-order valence-corrected chi connectivity index (χ4v) is 4.84. The lowest BCUT2D eigenvalue weighted by Gasteiger charge is -2.20. The third kappa shape index (κ3) is 4.47. The molecule has 0 radical (unpaired) electrons. The Balaban J connectivity index is 1.93. The second-order valence-electron chi connectivity index (χ2n) is 6.83. The molecular formula is C20H23FN6O3S. The molecule has 0 saturated heterocycles. The fourth-order valence-electron chi connectivity index (χ4n) is 3.13. The van der Waals surface area contributed by atoms with E-state index in [9.17, 15) is 17.6 Å². The Kier molecular flexibility index (Phi) is 6.46. The van der Waals surface area contributed by atoms with E-state index in [2.05, 4.69) is 20.8 Å².